The Morgan fingerprint density at radius 1 is 0.923 bits per heavy atom. The number of hydrogen-bond acceptors (Lipinski definition) is 1. The van der Waals surface area contributed by atoms with E-state index in [2.05, 4.69) is 19.0 Å². The Labute approximate surface area is 81.5 Å². The minimum absolute atomic E-state index is 0.935. The van der Waals surface area contributed by atoms with Gasteiger partial charge in [-0.25, -0.2) is 0 Å². The van der Waals surface area contributed by atoms with Crippen LogP contribution in [0.25, 0.3) is 0 Å². The Bertz CT molecular complexity index is 209. The second-order valence-corrected chi connectivity index (χ2v) is 5.68. The van der Waals surface area contributed by atoms with Gasteiger partial charge >= 0.3 is 0 Å². The molecule has 1 heteroatoms. The van der Waals surface area contributed by atoms with Gasteiger partial charge in [0.1, 0.15) is 0 Å². The predicted octanol–water partition coefficient (Wildman–Crippen LogP) is 2.37. The fraction of sp³-hybridized carbons (Fsp3) is 1.00. The standard InChI is InChI=1S/C12H21N/c1-13(2)12-7-8-6-11(12)10-5-3-4-9(8)10/h8-12H,3-7H2,1-2H3/t8-,9?,10?,11-,12?/m1/s1. The Morgan fingerprint density at radius 3 is 2.46 bits per heavy atom. The monoisotopic (exact) mass is 179 g/mol. The minimum atomic E-state index is 0.935. The average molecular weight is 179 g/mol. The van der Waals surface area contributed by atoms with Gasteiger partial charge in [-0.05, 0) is 63.5 Å². The molecule has 0 aromatic carbocycles. The molecule has 0 aliphatic heterocycles. The number of hydrogen-bond donors (Lipinski definition) is 0. The van der Waals surface area contributed by atoms with E-state index in [-0.39, 0.29) is 0 Å². The Balaban J connectivity index is 1.82. The van der Waals surface area contributed by atoms with Gasteiger partial charge in [0, 0.05) is 6.04 Å². The highest BCUT2D eigenvalue weighted by atomic mass is 15.1. The third kappa shape index (κ3) is 1.03. The lowest BCUT2D eigenvalue weighted by Gasteiger charge is -2.35. The summed E-state index contributed by atoms with van der Waals surface area (Å²) in [5.41, 5.74) is 0. The molecule has 74 valence electrons. The van der Waals surface area contributed by atoms with Gasteiger partial charge in [-0.15, -0.1) is 0 Å². The van der Waals surface area contributed by atoms with Gasteiger partial charge in [-0.2, -0.15) is 0 Å². The first kappa shape index (κ1) is 8.28. The topological polar surface area (TPSA) is 3.24 Å². The van der Waals surface area contributed by atoms with E-state index in [0.29, 0.717) is 0 Å². The van der Waals surface area contributed by atoms with E-state index in [1.165, 1.54) is 12.8 Å². The summed E-state index contributed by atoms with van der Waals surface area (Å²) < 4.78 is 0. The maximum Gasteiger partial charge on any atom is 0.0123 e. The molecule has 3 aliphatic rings. The van der Waals surface area contributed by atoms with E-state index < -0.39 is 0 Å². The molecular formula is C12H21N. The van der Waals surface area contributed by atoms with E-state index in [0.717, 1.165) is 29.7 Å². The molecule has 3 saturated carbocycles. The van der Waals surface area contributed by atoms with Crippen molar-refractivity contribution in [3.63, 3.8) is 0 Å². The fourth-order valence-corrected chi connectivity index (χ4v) is 4.63. The molecule has 13 heavy (non-hydrogen) atoms. The summed E-state index contributed by atoms with van der Waals surface area (Å²) in [4.78, 5) is 2.49. The smallest absolute Gasteiger partial charge is 0.0123 e. The lowest BCUT2D eigenvalue weighted by Crippen LogP contribution is -2.38. The van der Waals surface area contributed by atoms with Crippen molar-refractivity contribution in [2.24, 2.45) is 23.7 Å². The normalized spacial score (nSPS) is 53.3. The molecule has 3 aliphatic carbocycles. The maximum absolute atomic E-state index is 2.49. The van der Waals surface area contributed by atoms with Gasteiger partial charge in [0.2, 0.25) is 0 Å². The zero-order chi connectivity index (χ0) is 9.00. The van der Waals surface area contributed by atoms with Crippen LogP contribution in [0.3, 0.4) is 0 Å². The van der Waals surface area contributed by atoms with Gasteiger partial charge in [-0.1, -0.05) is 6.42 Å². The Hall–Kier alpha value is -0.0400. The molecule has 0 N–H and O–H groups in total. The van der Waals surface area contributed by atoms with Crippen molar-refractivity contribution >= 4 is 0 Å². The summed E-state index contributed by atoms with van der Waals surface area (Å²) in [6.07, 6.45) is 7.72. The van der Waals surface area contributed by atoms with E-state index in [1.54, 1.807) is 19.3 Å². The second kappa shape index (κ2) is 2.73. The molecule has 0 heterocycles. The molecule has 0 spiro atoms. The lowest BCUT2D eigenvalue weighted by molar-refractivity contribution is 0.136. The molecule has 0 aromatic rings. The van der Waals surface area contributed by atoms with Crippen LogP contribution >= 0.6 is 0 Å². The highest BCUT2D eigenvalue weighted by molar-refractivity contribution is 5.05. The van der Waals surface area contributed by atoms with Crippen LogP contribution in [0.15, 0.2) is 0 Å². The summed E-state index contributed by atoms with van der Waals surface area (Å²) in [6, 6.07) is 0.935. The van der Waals surface area contributed by atoms with E-state index in [1.807, 2.05) is 0 Å². The molecule has 2 bridgehead atoms. The highest BCUT2D eigenvalue weighted by Crippen LogP contribution is 2.59. The summed E-state index contributed by atoms with van der Waals surface area (Å²) in [7, 11) is 4.55. The van der Waals surface area contributed by atoms with Gasteiger partial charge in [0.05, 0.1) is 0 Å². The molecule has 1 nitrogen and oxygen atoms in total. The van der Waals surface area contributed by atoms with Crippen LogP contribution in [-0.2, 0) is 0 Å². The summed E-state index contributed by atoms with van der Waals surface area (Å²) in [6.45, 7) is 0. The van der Waals surface area contributed by atoms with Crippen molar-refractivity contribution < 1.29 is 0 Å². The second-order valence-electron chi connectivity index (χ2n) is 5.68. The zero-order valence-electron chi connectivity index (χ0n) is 8.87. The van der Waals surface area contributed by atoms with Crippen LogP contribution in [0.4, 0.5) is 0 Å². The third-order valence-corrected chi connectivity index (χ3v) is 5.06. The molecule has 3 unspecified atom stereocenters. The fourth-order valence-electron chi connectivity index (χ4n) is 4.63. The van der Waals surface area contributed by atoms with Crippen molar-refractivity contribution in [3.8, 4) is 0 Å². The summed E-state index contributed by atoms with van der Waals surface area (Å²) in [5.74, 6) is 4.48. The number of rotatable bonds is 1. The molecule has 0 radical (unpaired) electrons. The highest BCUT2D eigenvalue weighted by Gasteiger charge is 2.54. The first-order chi connectivity index (χ1) is 6.27. The molecule has 0 aromatic heterocycles. The predicted molar refractivity (Wildman–Crippen MR) is 54.5 cm³/mol. The first-order valence-electron chi connectivity index (χ1n) is 5.94. The SMILES string of the molecule is CN(C)C1C[C@H]2C[C@@H]1C1CCCC12. The van der Waals surface area contributed by atoms with Gasteiger partial charge in [0.25, 0.3) is 0 Å². The van der Waals surface area contributed by atoms with Crippen LogP contribution in [-0.4, -0.2) is 25.0 Å². The van der Waals surface area contributed by atoms with Crippen LogP contribution in [0, 0.1) is 23.7 Å². The Morgan fingerprint density at radius 2 is 1.69 bits per heavy atom. The molecular weight excluding hydrogens is 158 g/mol. The van der Waals surface area contributed by atoms with Crippen molar-refractivity contribution in [2.75, 3.05) is 14.1 Å². The average Bonchev–Trinajstić information content (AvgIpc) is 2.75. The van der Waals surface area contributed by atoms with E-state index in [9.17, 15) is 0 Å². The lowest BCUT2D eigenvalue weighted by atomic mass is 9.79. The molecule has 5 atom stereocenters. The molecule has 3 rings (SSSR count). The van der Waals surface area contributed by atoms with E-state index in [4.69, 9.17) is 0 Å². The van der Waals surface area contributed by atoms with Crippen LogP contribution < -0.4 is 0 Å². The maximum atomic E-state index is 2.49. The molecule has 3 fully saturated rings. The summed E-state index contributed by atoms with van der Waals surface area (Å²) in [5, 5.41) is 0. The quantitative estimate of drug-likeness (QED) is 0.597. The number of fused-ring (bicyclic) bond motifs is 5. The molecule has 0 saturated heterocycles. The van der Waals surface area contributed by atoms with Crippen molar-refractivity contribution in [3.05, 3.63) is 0 Å². The van der Waals surface area contributed by atoms with E-state index >= 15 is 0 Å². The zero-order valence-corrected chi connectivity index (χ0v) is 8.87. The van der Waals surface area contributed by atoms with Crippen molar-refractivity contribution in [1.29, 1.82) is 0 Å². The van der Waals surface area contributed by atoms with Crippen molar-refractivity contribution in [1.82, 2.24) is 4.90 Å². The Kier molecular flexibility index (Phi) is 1.74. The van der Waals surface area contributed by atoms with Crippen LogP contribution in [0.5, 0.6) is 0 Å². The number of nitrogens with zero attached hydrogens (tertiary/aromatic N) is 1. The largest absolute Gasteiger partial charge is 0.306 e. The van der Waals surface area contributed by atoms with Gasteiger partial charge in [-0.3, -0.25) is 0 Å². The minimum Gasteiger partial charge on any atom is -0.306 e. The van der Waals surface area contributed by atoms with Crippen LogP contribution in [0.1, 0.15) is 32.1 Å². The first-order valence-corrected chi connectivity index (χ1v) is 5.94. The van der Waals surface area contributed by atoms with Crippen molar-refractivity contribution in [2.45, 2.75) is 38.1 Å². The third-order valence-electron chi connectivity index (χ3n) is 5.06. The van der Waals surface area contributed by atoms with Gasteiger partial charge in [0.15, 0.2) is 0 Å². The van der Waals surface area contributed by atoms with Gasteiger partial charge < -0.3 is 4.90 Å². The van der Waals surface area contributed by atoms with Crippen LogP contribution in [0.2, 0.25) is 0 Å². The summed E-state index contributed by atoms with van der Waals surface area (Å²) >= 11 is 0. The molecule has 0 amide bonds.